The molecule has 1 aliphatic rings. The number of nitrogens with zero attached hydrogens (tertiary/aromatic N) is 5. The van der Waals surface area contributed by atoms with Crippen LogP contribution in [0.4, 0.5) is 11.6 Å². The van der Waals surface area contributed by atoms with E-state index in [0.717, 1.165) is 33.8 Å². The van der Waals surface area contributed by atoms with Crippen LogP contribution < -0.4 is 10.6 Å². The van der Waals surface area contributed by atoms with Crippen molar-refractivity contribution >= 4 is 17.5 Å². The van der Waals surface area contributed by atoms with Crippen molar-refractivity contribution in [1.82, 2.24) is 24.5 Å². The first-order valence-electron chi connectivity index (χ1n) is 9.11. The van der Waals surface area contributed by atoms with E-state index in [1.165, 1.54) is 6.33 Å². The Labute approximate surface area is 163 Å². The number of anilines is 2. The summed E-state index contributed by atoms with van der Waals surface area (Å²) in [5.41, 5.74) is 6.07. The quantitative estimate of drug-likeness (QED) is 0.733. The van der Waals surface area contributed by atoms with Crippen LogP contribution >= 0.6 is 0 Å². The molecule has 1 aromatic carbocycles. The fraction of sp³-hybridized carbons (Fsp3) is 0.300. The summed E-state index contributed by atoms with van der Waals surface area (Å²) < 4.78 is 3.48. The summed E-state index contributed by atoms with van der Waals surface area (Å²) in [6, 6.07) is 5.56. The summed E-state index contributed by atoms with van der Waals surface area (Å²) in [6.07, 6.45) is 3.41. The number of amides is 1. The van der Waals surface area contributed by atoms with Crippen molar-refractivity contribution in [2.24, 2.45) is 7.05 Å². The SMILES string of the molecule is CC1=C(C(=O)Nc2ccc(C)cc2C)[C@H](c2cn(C)nc2C)n2ncnc2N1. The van der Waals surface area contributed by atoms with Crippen molar-refractivity contribution in [3.8, 4) is 0 Å². The molecular weight excluding hydrogens is 354 g/mol. The second-order valence-corrected chi connectivity index (χ2v) is 7.21. The Morgan fingerprint density at radius 1 is 1.21 bits per heavy atom. The standard InChI is InChI=1S/C20H23N7O/c1-11-6-7-16(12(2)8-11)24-19(28)17-14(4)23-20-21-10-22-27(20)18(17)15-9-26(5)25-13(15)3/h6-10,18H,1-5H3,(H,24,28)(H,21,22,23)/t18-/m0/s1. The predicted octanol–water partition coefficient (Wildman–Crippen LogP) is 2.86. The van der Waals surface area contributed by atoms with Gasteiger partial charge in [0.05, 0.1) is 11.3 Å². The fourth-order valence-corrected chi connectivity index (χ4v) is 3.70. The average molecular weight is 377 g/mol. The molecule has 144 valence electrons. The van der Waals surface area contributed by atoms with E-state index in [9.17, 15) is 4.79 Å². The normalized spacial score (nSPS) is 16.0. The summed E-state index contributed by atoms with van der Waals surface area (Å²) in [5.74, 6) is 0.431. The Bertz CT molecular complexity index is 1110. The fourth-order valence-electron chi connectivity index (χ4n) is 3.70. The lowest BCUT2D eigenvalue weighted by molar-refractivity contribution is -0.113. The molecule has 1 aliphatic heterocycles. The van der Waals surface area contributed by atoms with Crippen molar-refractivity contribution in [2.75, 3.05) is 10.6 Å². The first-order valence-corrected chi connectivity index (χ1v) is 9.11. The Morgan fingerprint density at radius 3 is 2.68 bits per heavy atom. The van der Waals surface area contributed by atoms with Gasteiger partial charge in [0, 0.05) is 30.2 Å². The van der Waals surface area contributed by atoms with Crippen molar-refractivity contribution in [3.63, 3.8) is 0 Å². The van der Waals surface area contributed by atoms with E-state index in [2.05, 4.69) is 25.8 Å². The van der Waals surface area contributed by atoms with Gasteiger partial charge in [-0.3, -0.25) is 9.48 Å². The molecule has 2 aromatic heterocycles. The molecule has 8 nitrogen and oxygen atoms in total. The number of allylic oxidation sites excluding steroid dienone is 1. The number of carbonyl (C=O) groups excluding carboxylic acids is 1. The molecule has 0 aliphatic carbocycles. The van der Waals surface area contributed by atoms with Crippen LogP contribution in [0.3, 0.4) is 0 Å². The number of hydrogen-bond acceptors (Lipinski definition) is 5. The van der Waals surface area contributed by atoms with E-state index < -0.39 is 6.04 Å². The van der Waals surface area contributed by atoms with E-state index in [0.29, 0.717) is 11.5 Å². The molecule has 3 heterocycles. The third-order valence-corrected chi connectivity index (χ3v) is 5.02. The topological polar surface area (TPSA) is 89.7 Å². The zero-order valence-corrected chi connectivity index (χ0v) is 16.6. The molecule has 28 heavy (non-hydrogen) atoms. The van der Waals surface area contributed by atoms with Gasteiger partial charge in [-0.05, 0) is 39.3 Å². The minimum Gasteiger partial charge on any atom is -0.328 e. The number of nitrogens with one attached hydrogen (secondary N) is 2. The largest absolute Gasteiger partial charge is 0.328 e. The monoisotopic (exact) mass is 377 g/mol. The van der Waals surface area contributed by atoms with Crippen LogP contribution in [0.2, 0.25) is 0 Å². The molecular formula is C20H23N7O. The van der Waals surface area contributed by atoms with Gasteiger partial charge in [0.25, 0.3) is 5.91 Å². The minimum atomic E-state index is -0.404. The van der Waals surface area contributed by atoms with Crippen LogP contribution in [0, 0.1) is 20.8 Å². The van der Waals surface area contributed by atoms with Gasteiger partial charge in [-0.15, -0.1) is 0 Å². The summed E-state index contributed by atoms with van der Waals surface area (Å²) in [6.45, 7) is 7.84. The van der Waals surface area contributed by atoms with Gasteiger partial charge < -0.3 is 10.6 Å². The average Bonchev–Trinajstić information content (AvgIpc) is 3.21. The van der Waals surface area contributed by atoms with Gasteiger partial charge in [0.1, 0.15) is 12.4 Å². The zero-order chi connectivity index (χ0) is 20.0. The zero-order valence-electron chi connectivity index (χ0n) is 16.6. The van der Waals surface area contributed by atoms with Gasteiger partial charge in [-0.1, -0.05) is 17.7 Å². The number of aromatic nitrogens is 5. The number of fused-ring (bicyclic) bond motifs is 1. The van der Waals surface area contributed by atoms with E-state index in [4.69, 9.17) is 0 Å². The number of benzene rings is 1. The van der Waals surface area contributed by atoms with Crippen molar-refractivity contribution in [3.05, 3.63) is 64.4 Å². The molecule has 0 bridgehead atoms. The molecule has 3 aromatic rings. The van der Waals surface area contributed by atoms with Gasteiger partial charge in [-0.2, -0.15) is 15.2 Å². The highest BCUT2D eigenvalue weighted by molar-refractivity contribution is 6.06. The summed E-state index contributed by atoms with van der Waals surface area (Å²) >= 11 is 0. The third kappa shape index (κ3) is 2.96. The third-order valence-electron chi connectivity index (χ3n) is 5.02. The molecule has 1 atom stereocenters. The van der Waals surface area contributed by atoms with Gasteiger partial charge in [-0.25, -0.2) is 4.68 Å². The van der Waals surface area contributed by atoms with Crippen LogP contribution in [0.25, 0.3) is 0 Å². The van der Waals surface area contributed by atoms with Crippen LogP contribution in [0.1, 0.15) is 35.3 Å². The maximum absolute atomic E-state index is 13.4. The molecule has 0 saturated carbocycles. The highest BCUT2D eigenvalue weighted by Gasteiger charge is 2.35. The van der Waals surface area contributed by atoms with Crippen molar-refractivity contribution in [2.45, 2.75) is 33.7 Å². The second-order valence-electron chi connectivity index (χ2n) is 7.21. The number of carbonyl (C=O) groups is 1. The van der Waals surface area contributed by atoms with Crippen molar-refractivity contribution in [1.29, 1.82) is 0 Å². The summed E-state index contributed by atoms with van der Waals surface area (Å²) in [4.78, 5) is 17.6. The van der Waals surface area contributed by atoms with E-state index in [1.807, 2.05) is 59.1 Å². The lowest BCUT2D eigenvalue weighted by Crippen LogP contribution is -2.31. The number of hydrogen-bond donors (Lipinski definition) is 2. The molecule has 1 amide bonds. The molecule has 0 radical (unpaired) electrons. The predicted molar refractivity (Wildman–Crippen MR) is 107 cm³/mol. The minimum absolute atomic E-state index is 0.175. The van der Waals surface area contributed by atoms with Crippen LogP contribution in [0.15, 0.2) is 42.0 Å². The van der Waals surface area contributed by atoms with E-state index in [-0.39, 0.29) is 5.91 Å². The highest BCUT2D eigenvalue weighted by Crippen LogP contribution is 2.36. The Morgan fingerprint density at radius 2 is 2.00 bits per heavy atom. The molecule has 0 saturated heterocycles. The molecule has 0 spiro atoms. The Kier molecular flexibility index (Phi) is 4.26. The lowest BCUT2D eigenvalue weighted by atomic mass is 9.95. The van der Waals surface area contributed by atoms with Gasteiger partial charge >= 0.3 is 0 Å². The number of aryl methyl sites for hydroxylation is 4. The summed E-state index contributed by atoms with van der Waals surface area (Å²) in [5, 5.41) is 15.1. The Hall–Kier alpha value is -3.42. The van der Waals surface area contributed by atoms with E-state index in [1.54, 1.807) is 9.36 Å². The summed E-state index contributed by atoms with van der Waals surface area (Å²) in [7, 11) is 1.87. The molecule has 8 heteroatoms. The van der Waals surface area contributed by atoms with Crippen LogP contribution in [-0.4, -0.2) is 30.5 Å². The maximum Gasteiger partial charge on any atom is 0.255 e. The Balaban J connectivity index is 1.78. The first kappa shape index (κ1) is 18.0. The van der Waals surface area contributed by atoms with Gasteiger partial charge in [0.2, 0.25) is 5.95 Å². The molecule has 0 fully saturated rings. The smallest absolute Gasteiger partial charge is 0.255 e. The van der Waals surface area contributed by atoms with Crippen LogP contribution in [0.5, 0.6) is 0 Å². The highest BCUT2D eigenvalue weighted by atomic mass is 16.1. The second kappa shape index (κ2) is 6.63. The molecule has 0 unspecified atom stereocenters. The number of rotatable bonds is 3. The van der Waals surface area contributed by atoms with Crippen LogP contribution in [-0.2, 0) is 11.8 Å². The van der Waals surface area contributed by atoms with Crippen molar-refractivity contribution < 1.29 is 4.79 Å². The lowest BCUT2D eigenvalue weighted by Gasteiger charge is -2.28. The maximum atomic E-state index is 13.4. The van der Waals surface area contributed by atoms with E-state index >= 15 is 0 Å². The molecule has 2 N–H and O–H groups in total. The first-order chi connectivity index (χ1) is 13.3. The molecule has 4 rings (SSSR count). The van der Waals surface area contributed by atoms with Gasteiger partial charge in [0.15, 0.2) is 0 Å².